The third-order valence-electron chi connectivity index (χ3n) is 5.25. The van der Waals surface area contributed by atoms with Gasteiger partial charge in [-0.05, 0) is 24.3 Å². The molecule has 148 valence electrons. The molecule has 0 amide bonds. The van der Waals surface area contributed by atoms with Crippen LogP contribution in [0.5, 0.6) is 5.75 Å². The highest BCUT2D eigenvalue weighted by Crippen LogP contribution is 2.31. The average molecular weight is 408 g/mol. The van der Waals surface area contributed by atoms with Gasteiger partial charge in [0.1, 0.15) is 22.2 Å². The van der Waals surface area contributed by atoms with Gasteiger partial charge in [-0.1, -0.05) is 12.1 Å². The number of benzene rings is 1. The van der Waals surface area contributed by atoms with E-state index in [2.05, 4.69) is 19.8 Å². The first-order valence-corrected chi connectivity index (χ1v) is 10.4. The van der Waals surface area contributed by atoms with Gasteiger partial charge in [-0.25, -0.2) is 4.98 Å². The zero-order chi connectivity index (χ0) is 19.8. The zero-order valence-electron chi connectivity index (χ0n) is 15.7. The number of hydrogen-bond acceptors (Lipinski definition) is 7. The summed E-state index contributed by atoms with van der Waals surface area (Å²) in [6, 6.07) is 11.1. The van der Waals surface area contributed by atoms with Crippen molar-refractivity contribution in [2.45, 2.75) is 6.54 Å². The summed E-state index contributed by atoms with van der Waals surface area (Å²) in [4.78, 5) is 25.5. The molecule has 8 heteroatoms. The number of para-hydroxylation sites is 2. The lowest BCUT2D eigenvalue weighted by Crippen LogP contribution is -2.46. The molecule has 1 fully saturated rings. The molecule has 1 aliphatic heterocycles. The Morgan fingerprint density at radius 3 is 2.72 bits per heavy atom. The minimum Gasteiger partial charge on any atom is -0.506 e. The molecule has 5 rings (SSSR count). The topological polar surface area (TPSA) is 85.6 Å². The fourth-order valence-electron chi connectivity index (χ4n) is 3.77. The van der Waals surface area contributed by atoms with E-state index in [1.54, 1.807) is 12.3 Å². The van der Waals surface area contributed by atoms with Gasteiger partial charge in [0.15, 0.2) is 0 Å². The monoisotopic (exact) mass is 408 g/mol. The van der Waals surface area contributed by atoms with E-state index < -0.39 is 0 Å². The van der Waals surface area contributed by atoms with Crippen LogP contribution in [0.4, 0.5) is 5.69 Å². The van der Waals surface area contributed by atoms with Crippen molar-refractivity contribution in [1.82, 2.24) is 14.9 Å². The molecule has 0 spiro atoms. The molecular weight excluding hydrogens is 388 g/mol. The highest BCUT2D eigenvalue weighted by Gasteiger charge is 2.21. The van der Waals surface area contributed by atoms with Crippen molar-refractivity contribution >= 4 is 27.2 Å². The van der Waals surface area contributed by atoms with E-state index >= 15 is 0 Å². The molecule has 4 aromatic rings. The number of hydrogen-bond donors (Lipinski definition) is 2. The van der Waals surface area contributed by atoms with E-state index in [1.807, 2.05) is 35.7 Å². The van der Waals surface area contributed by atoms with E-state index in [-0.39, 0.29) is 5.56 Å². The molecule has 1 saturated heterocycles. The smallest absolute Gasteiger partial charge is 0.260 e. The average Bonchev–Trinajstić information content (AvgIpc) is 3.39. The number of piperazine rings is 1. The van der Waals surface area contributed by atoms with Crippen molar-refractivity contribution in [3.63, 3.8) is 0 Å². The number of aromatic amines is 1. The van der Waals surface area contributed by atoms with Gasteiger partial charge in [0.2, 0.25) is 0 Å². The maximum atomic E-state index is 12.7. The van der Waals surface area contributed by atoms with E-state index in [4.69, 9.17) is 4.42 Å². The van der Waals surface area contributed by atoms with Crippen LogP contribution in [0.25, 0.3) is 21.5 Å². The Balaban J connectivity index is 1.32. The summed E-state index contributed by atoms with van der Waals surface area (Å²) in [7, 11) is 0. The molecular formula is C21H20N4O3S. The Labute approximate surface area is 170 Å². The number of nitrogens with one attached hydrogen (secondary N) is 1. The molecule has 0 unspecified atom stereocenters. The highest BCUT2D eigenvalue weighted by molar-refractivity contribution is 7.17. The third kappa shape index (κ3) is 3.41. The fourth-order valence-corrected chi connectivity index (χ4v) is 4.72. The molecule has 1 aromatic carbocycles. The minimum absolute atomic E-state index is 0.134. The van der Waals surface area contributed by atoms with Crippen molar-refractivity contribution in [3.05, 3.63) is 64.2 Å². The molecule has 3 aromatic heterocycles. The SMILES string of the molecule is O=c1[nH]c(CN2CCN(c3ccccc3O)CC2)nc2scc(-c3ccco3)c12. The second-order valence-corrected chi connectivity index (χ2v) is 7.93. The first-order valence-electron chi connectivity index (χ1n) is 9.48. The third-order valence-corrected chi connectivity index (χ3v) is 6.12. The van der Waals surface area contributed by atoms with Crippen LogP contribution < -0.4 is 10.5 Å². The van der Waals surface area contributed by atoms with Gasteiger partial charge >= 0.3 is 0 Å². The molecule has 0 saturated carbocycles. The van der Waals surface area contributed by atoms with Gasteiger partial charge in [-0.15, -0.1) is 11.3 Å². The van der Waals surface area contributed by atoms with Crippen molar-refractivity contribution in [2.75, 3.05) is 31.1 Å². The molecule has 7 nitrogen and oxygen atoms in total. The number of phenolic OH excluding ortho intramolecular Hbond substituents is 1. The Morgan fingerprint density at radius 1 is 1.14 bits per heavy atom. The zero-order valence-corrected chi connectivity index (χ0v) is 16.5. The van der Waals surface area contributed by atoms with Gasteiger partial charge in [0, 0.05) is 37.1 Å². The fraction of sp³-hybridized carbons (Fsp3) is 0.238. The van der Waals surface area contributed by atoms with Crippen LogP contribution in [0.3, 0.4) is 0 Å². The number of aromatic hydroxyl groups is 1. The van der Waals surface area contributed by atoms with Crippen molar-refractivity contribution < 1.29 is 9.52 Å². The van der Waals surface area contributed by atoms with Crippen LogP contribution in [0, 0.1) is 0 Å². The van der Waals surface area contributed by atoms with Crippen LogP contribution in [0.1, 0.15) is 5.82 Å². The first-order chi connectivity index (χ1) is 14.2. The largest absolute Gasteiger partial charge is 0.506 e. The number of thiophene rings is 1. The van der Waals surface area contributed by atoms with Crippen LogP contribution >= 0.6 is 11.3 Å². The Morgan fingerprint density at radius 2 is 1.97 bits per heavy atom. The molecule has 29 heavy (non-hydrogen) atoms. The van der Waals surface area contributed by atoms with Crippen LogP contribution in [-0.4, -0.2) is 46.2 Å². The van der Waals surface area contributed by atoms with Gasteiger partial charge in [-0.3, -0.25) is 9.69 Å². The maximum Gasteiger partial charge on any atom is 0.260 e. The van der Waals surface area contributed by atoms with E-state index in [0.29, 0.717) is 29.3 Å². The summed E-state index contributed by atoms with van der Waals surface area (Å²) in [5.74, 6) is 1.66. The number of aromatic nitrogens is 2. The molecule has 0 aliphatic carbocycles. The van der Waals surface area contributed by atoms with E-state index in [1.165, 1.54) is 11.3 Å². The minimum atomic E-state index is -0.134. The standard InChI is InChI=1S/C21H20N4O3S/c26-16-5-2-1-4-15(16)25-9-7-24(8-10-25)12-18-22-20(27)19-14(13-29-21(19)23-18)17-6-3-11-28-17/h1-6,11,13,26H,7-10,12H2,(H,22,23,27). The van der Waals surface area contributed by atoms with E-state index in [9.17, 15) is 9.90 Å². The van der Waals surface area contributed by atoms with Gasteiger partial charge in [-0.2, -0.15) is 0 Å². The molecule has 0 radical (unpaired) electrons. The Hall–Kier alpha value is -3.10. The predicted molar refractivity (Wildman–Crippen MR) is 114 cm³/mol. The quantitative estimate of drug-likeness (QED) is 0.539. The maximum absolute atomic E-state index is 12.7. The van der Waals surface area contributed by atoms with Crippen LogP contribution in [0.2, 0.25) is 0 Å². The molecule has 2 N–H and O–H groups in total. The summed E-state index contributed by atoms with van der Waals surface area (Å²) < 4.78 is 5.44. The number of phenols is 1. The second-order valence-electron chi connectivity index (χ2n) is 7.07. The summed E-state index contributed by atoms with van der Waals surface area (Å²) in [6.07, 6.45) is 1.60. The number of furan rings is 1. The number of nitrogens with zero attached hydrogens (tertiary/aromatic N) is 3. The normalized spacial score (nSPS) is 15.2. The predicted octanol–water partition coefficient (Wildman–Crippen LogP) is 3.27. The second kappa shape index (κ2) is 7.38. The van der Waals surface area contributed by atoms with Crippen molar-refractivity contribution in [2.24, 2.45) is 0 Å². The summed E-state index contributed by atoms with van der Waals surface area (Å²) in [6.45, 7) is 3.88. The number of fused-ring (bicyclic) bond motifs is 1. The molecule has 4 heterocycles. The molecule has 0 bridgehead atoms. The van der Waals surface area contributed by atoms with Crippen molar-refractivity contribution in [3.8, 4) is 17.1 Å². The lowest BCUT2D eigenvalue weighted by molar-refractivity contribution is 0.243. The van der Waals surface area contributed by atoms with Gasteiger partial charge in [0.25, 0.3) is 5.56 Å². The van der Waals surface area contributed by atoms with Crippen molar-refractivity contribution in [1.29, 1.82) is 0 Å². The number of anilines is 1. The van der Waals surface area contributed by atoms with Crippen LogP contribution in [-0.2, 0) is 6.54 Å². The van der Waals surface area contributed by atoms with E-state index in [0.717, 1.165) is 42.3 Å². The summed E-state index contributed by atoms with van der Waals surface area (Å²) in [5.41, 5.74) is 1.52. The number of rotatable bonds is 4. The first kappa shape index (κ1) is 18.0. The van der Waals surface area contributed by atoms with Gasteiger partial charge in [0.05, 0.1) is 23.9 Å². The summed E-state index contributed by atoms with van der Waals surface area (Å²) in [5, 5.41) is 12.6. The summed E-state index contributed by atoms with van der Waals surface area (Å²) >= 11 is 1.46. The lowest BCUT2D eigenvalue weighted by Gasteiger charge is -2.36. The van der Waals surface area contributed by atoms with Gasteiger partial charge < -0.3 is 19.4 Å². The number of H-pyrrole nitrogens is 1. The molecule has 1 aliphatic rings. The van der Waals surface area contributed by atoms with Crippen LogP contribution in [0.15, 0.2) is 57.3 Å². The lowest BCUT2D eigenvalue weighted by atomic mass is 10.2. The Bertz CT molecular complexity index is 1190. The Kier molecular flexibility index (Phi) is 4.57. The molecule has 0 atom stereocenters. The highest BCUT2D eigenvalue weighted by atomic mass is 32.1.